The van der Waals surface area contributed by atoms with Crippen molar-refractivity contribution in [1.29, 1.82) is 0 Å². The molecule has 0 radical (unpaired) electrons. The van der Waals surface area contributed by atoms with E-state index in [9.17, 15) is 8.78 Å². The van der Waals surface area contributed by atoms with Crippen LogP contribution in [0.3, 0.4) is 0 Å². The summed E-state index contributed by atoms with van der Waals surface area (Å²) in [6.45, 7) is 3.60. The fourth-order valence-electron chi connectivity index (χ4n) is 2.01. The van der Waals surface area contributed by atoms with E-state index in [4.69, 9.17) is 5.11 Å². The molecule has 1 rings (SSSR count). The Labute approximate surface area is 107 Å². The van der Waals surface area contributed by atoms with E-state index in [1.807, 2.05) is 0 Å². The molecule has 102 valence electrons. The van der Waals surface area contributed by atoms with Crippen LogP contribution in [0.4, 0.5) is 8.78 Å². The Morgan fingerprint density at radius 3 is 2.61 bits per heavy atom. The van der Waals surface area contributed by atoms with Crippen molar-refractivity contribution in [2.45, 2.75) is 32.7 Å². The van der Waals surface area contributed by atoms with E-state index in [-0.39, 0.29) is 6.61 Å². The average molecular weight is 257 g/mol. The molecule has 0 aliphatic rings. The molecule has 0 aromatic heterocycles. The van der Waals surface area contributed by atoms with Gasteiger partial charge in [0.25, 0.3) is 0 Å². The molecule has 0 spiro atoms. The number of halogens is 2. The van der Waals surface area contributed by atoms with Gasteiger partial charge in [-0.3, -0.25) is 0 Å². The van der Waals surface area contributed by atoms with Crippen molar-refractivity contribution in [2.24, 2.45) is 5.92 Å². The molecule has 0 amide bonds. The lowest BCUT2D eigenvalue weighted by Gasteiger charge is -2.15. The molecule has 0 heterocycles. The van der Waals surface area contributed by atoms with Gasteiger partial charge in [-0.2, -0.15) is 0 Å². The maximum atomic E-state index is 13.0. The lowest BCUT2D eigenvalue weighted by molar-refractivity contribution is 0.248. The zero-order chi connectivity index (χ0) is 13.4. The lowest BCUT2D eigenvalue weighted by atomic mass is 10.0. The Bertz CT molecular complexity index is 352. The van der Waals surface area contributed by atoms with E-state index >= 15 is 0 Å². The van der Waals surface area contributed by atoms with Gasteiger partial charge in [0.15, 0.2) is 11.6 Å². The summed E-state index contributed by atoms with van der Waals surface area (Å²) in [5.74, 6) is -1.19. The van der Waals surface area contributed by atoms with Crippen LogP contribution < -0.4 is 5.32 Å². The highest BCUT2D eigenvalue weighted by Gasteiger charge is 2.07. The van der Waals surface area contributed by atoms with Gasteiger partial charge in [0.2, 0.25) is 0 Å². The number of rotatable bonds is 8. The van der Waals surface area contributed by atoms with Crippen molar-refractivity contribution < 1.29 is 13.9 Å². The number of aliphatic hydroxyl groups is 1. The largest absolute Gasteiger partial charge is 0.396 e. The Morgan fingerprint density at radius 1 is 1.22 bits per heavy atom. The molecule has 0 fully saturated rings. The van der Waals surface area contributed by atoms with Crippen LogP contribution in [0.25, 0.3) is 0 Å². The molecule has 2 nitrogen and oxygen atoms in total. The Balaban J connectivity index is 2.37. The molecule has 1 unspecified atom stereocenters. The first kappa shape index (κ1) is 15.1. The fraction of sp³-hybridized carbons (Fsp3) is 0.571. The monoisotopic (exact) mass is 257 g/mol. The third-order valence-corrected chi connectivity index (χ3v) is 2.98. The predicted octanol–water partition coefficient (Wildman–Crippen LogP) is 2.85. The summed E-state index contributed by atoms with van der Waals surface area (Å²) in [5.41, 5.74) is 0.730. The van der Waals surface area contributed by atoms with E-state index in [1.165, 1.54) is 6.07 Å². The first-order valence-corrected chi connectivity index (χ1v) is 6.42. The van der Waals surface area contributed by atoms with E-state index in [0.29, 0.717) is 12.5 Å². The highest BCUT2D eigenvalue weighted by atomic mass is 19.2. The third-order valence-electron chi connectivity index (χ3n) is 2.98. The maximum Gasteiger partial charge on any atom is 0.159 e. The van der Waals surface area contributed by atoms with Crippen molar-refractivity contribution in [3.8, 4) is 0 Å². The number of aliphatic hydroxyl groups excluding tert-OH is 1. The Hall–Kier alpha value is -1.00. The number of nitrogens with one attached hydrogen (secondary N) is 1. The maximum absolute atomic E-state index is 13.0. The summed E-state index contributed by atoms with van der Waals surface area (Å²) in [5, 5.41) is 12.1. The summed E-state index contributed by atoms with van der Waals surface area (Å²) < 4.78 is 25.7. The zero-order valence-corrected chi connectivity index (χ0v) is 10.8. The number of hydrogen-bond donors (Lipinski definition) is 2. The van der Waals surface area contributed by atoms with E-state index in [0.717, 1.165) is 37.4 Å². The van der Waals surface area contributed by atoms with Crippen LogP contribution in [0.15, 0.2) is 18.2 Å². The van der Waals surface area contributed by atoms with Crippen molar-refractivity contribution in [3.05, 3.63) is 35.4 Å². The van der Waals surface area contributed by atoms with Gasteiger partial charge in [-0.15, -0.1) is 0 Å². The third kappa shape index (κ3) is 5.10. The van der Waals surface area contributed by atoms with Crippen LogP contribution in [-0.4, -0.2) is 18.3 Å². The molecule has 1 atom stereocenters. The van der Waals surface area contributed by atoms with Crippen molar-refractivity contribution in [3.63, 3.8) is 0 Å². The first-order chi connectivity index (χ1) is 8.67. The minimum atomic E-state index is -0.817. The minimum absolute atomic E-state index is 0.192. The summed E-state index contributed by atoms with van der Waals surface area (Å²) in [6, 6.07) is 3.93. The molecule has 0 aliphatic heterocycles. The summed E-state index contributed by atoms with van der Waals surface area (Å²) >= 11 is 0. The van der Waals surface area contributed by atoms with Crippen LogP contribution >= 0.6 is 0 Å². The van der Waals surface area contributed by atoms with Crippen LogP contribution in [0.2, 0.25) is 0 Å². The van der Waals surface area contributed by atoms with Gasteiger partial charge < -0.3 is 10.4 Å². The number of benzene rings is 1. The van der Waals surface area contributed by atoms with E-state index in [1.54, 1.807) is 6.07 Å². The summed E-state index contributed by atoms with van der Waals surface area (Å²) in [6.07, 6.45) is 2.92. The molecule has 0 saturated heterocycles. The highest BCUT2D eigenvalue weighted by molar-refractivity contribution is 5.17. The van der Waals surface area contributed by atoms with Gasteiger partial charge in [-0.05, 0) is 43.0 Å². The standard InChI is InChI=1S/C14H21F2NO/c1-2-3-11(6-7-18)9-17-10-12-4-5-13(15)14(16)8-12/h4-5,8,11,17-18H,2-3,6-7,9-10H2,1H3. The van der Waals surface area contributed by atoms with Crippen LogP contribution in [-0.2, 0) is 6.54 Å². The molecule has 0 aliphatic carbocycles. The molecule has 0 saturated carbocycles. The van der Waals surface area contributed by atoms with Gasteiger partial charge in [-0.1, -0.05) is 19.4 Å². The minimum Gasteiger partial charge on any atom is -0.396 e. The Morgan fingerprint density at radius 2 is 2.00 bits per heavy atom. The zero-order valence-electron chi connectivity index (χ0n) is 10.8. The molecular formula is C14H21F2NO. The highest BCUT2D eigenvalue weighted by Crippen LogP contribution is 2.11. The van der Waals surface area contributed by atoms with Crippen molar-refractivity contribution >= 4 is 0 Å². The summed E-state index contributed by atoms with van der Waals surface area (Å²) in [4.78, 5) is 0. The van der Waals surface area contributed by atoms with Gasteiger partial charge in [0.1, 0.15) is 0 Å². The van der Waals surface area contributed by atoms with Crippen molar-refractivity contribution in [2.75, 3.05) is 13.2 Å². The van der Waals surface area contributed by atoms with Crippen LogP contribution in [0, 0.1) is 17.6 Å². The van der Waals surface area contributed by atoms with Gasteiger partial charge in [0.05, 0.1) is 0 Å². The average Bonchev–Trinajstić information content (AvgIpc) is 2.34. The first-order valence-electron chi connectivity index (χ1n) is 6.42. The Kier molecular flexibility index (Phi) is 6.83. The molecule has 1 aromatic rings. The van der Waals surface area contributed by atoms with Gasteiger partial charge >= 0.3 is 0 Å². The molecule has 1 aromatic carbocycles. The molecule has 0 bridgehead atoms. The molecule has 4 heteroatoms. The van der Waals surface area contributed by atoms with Gasteiger partial charge in [0, 0.05) is 13.2 Å². The second kappa shape index (κ2) is 8.16. The molecular weight excluding hydrogens is 236 g/mol. The quantitative estimate of drug-likeness (QED) is 0.750. The smallest absolute Gasteiger partial charge is 0.159 e. The summed E-state index contributed by atoms with van der Waals surface area (Å²) in [7, 11) is 0. The predicted molar refractivity (Wildman–Crippen MR) is 68.2 cm³/mol. The lowest BCUT2D eigenvalue weighted by Crippen LogP contribution is -2.23. The fourth-order valence-corrected chi connectivity index (χ4v) is 2.01. The van der Waals surface area contributed by atoms with Crippen molar-refractivity contribution in [1.82, 2.24) is 5.32 Å². The normalized spacial score (nSPS) is 12.7. The van der Waals surface area contributed by atoms with E-state index < -0.39 is 11.6 Å². The SMILES string of the molecule is CCCC(CCO)CNCc1ccc(F)c(F)c1. The molecule has 18 heavy (non-hydrogen) atoms. The van der Waals surface area contributed by atoms with Gasteiger partial charge in [-0.25, -0.2) is 8.78 Å². The topological polar surface area (TPSA) is 32.3 Å². The van der Waals surface area contributed by atoms with Crippen LogP contribution in [0.5, 0.6) is 0 Å². The molecule has 2 N–H and O–H groups in total. The number of hydrogen-bond acceptors (Lipinski definition) is 2. The van der Waals surface area contributed by atoms with E-state index in [2.05, 4.69) is 12.2 Å². The second-order valence-corrected chi connectivity index (χ2v) is 4.55. The second-order valence-electron chi connectivity index (χ2n) is 4.55. The van der Waals surface area contributed by atoms with Crippen LogP contribution in [0.1, 0.15) is 31.7 Å².